The fraction of sp³-hybridized carbons (Fsp3) is 0.667. The number of halogens is 2. The minimum atomic E-state index is 0.476. The number of hydrogen-bond donors (Lipinski definition) is 0. The summed E-state index contributed by atoms with van der Waals surface area (Å²) < 4.78 is 0. The maximum Gasteiger partial charge on any atom is 0.0406 e. The highest BCUT2D eigenvalue weighted by Crippen LogP contribution is 2.29. The van der Waals surface area contributed by atoms with Crippen LogP contribution in [0.1, 0.15) is 81.5 Å². The minimum absolute atomic E-state index is 0.476. The van der Waals surface area contributed by atoms with Crippen molar-refractivity contribution in [1.29, 1.82) is 0 Å². The Labute approximate surface area is 138 Å². The Morgan fingerprint density at radius 3 is 1.90 bits per heavy atom. The summed E-state index contributed by atoms with van der Waals surface area (Å²) in [5.41, 5.74) is 1.34. The number of alkyl halides is 1. The highest BCUT2D eigenvalue weighted by molar-refractivity contribution is 9.09. The van der Waals surface area contributed by atoms with Crippen molar-refractivity contribution in [3.05, 3.63) is 34.9 Å². The first kappa shape index (κ1) is 18.0. The van der Waals surface area contributed by atoms with E-state index in [-0.39, 0.29) is 0 Å². The van der Waals surface area contributed by atoms with Gasteiger partial charge in [-0.3, -0.25) is 0 Å². The van der Waals surface area contributed by atoms with Gasteiger partial charge in [-0.25, -0.2) is 0 Å². The molecule has 0 aliphatic carbocycles. The summed E-state index contributed by atoms with van der Waals surface area (Å²) in [5, 5.41) is 0.816. The zero-order chi connectivity index (χ0) is 14.6. The largest absolute Gasteiger partial charge is 0.0843 e. The molecular formula is C18H28BrCl. The summed E-state index contributed by atoms with van der Waals surface area (Å²) >= 11 is 9.69. The van der Waals surface area contributed by atoms with Gasteiger partial charge in [-0.15, -0.1) is 0 Å². The van der Waals surface area contributed by atoms with Crippen LogP contribution < -0.4 is 0 Å². The summed E-state index contributed by atoms with van der Waals surface area (Å²) in [4.78, 5) is 0.476. The van der Waals surface area contributed by atoms with Gasteiger partial charge >= 0.3 is 0 Å². The number of rotatable bonds is 11. The lowest BCUT2D eigenvalue weighted by Crippen LogP contribution is -1.90. The van der Waals surface area contributed by atoms with Gasteiger partial charge in [-0.1, -0.05) is 104 Å². The molecule has 0 aromatic heterocycles. The van der Waals surface area contributed by atoms with Crippen molar-refractivity contribution in [3.63, 3.8) is 0 Å². The van der Waals surface area contributed by atoms with Gasteiger partial charge in [0.15, 0.2) is 0 Å². The van der Waals surface area contributed by atoms with Gasteiger partial charge in [-0.05, 0) is 24.1 Å². The molecule has 2 heteroatoms. The fourth-order valence-corrected chi connectivity index (χ4v) is 3.23. The highest BCUT2D eigenvalue weighted by atomic mass is 79.9. The summed E-state index contributed by atoms with van der Waals surface area (Å²) in [7, 11) is 0. The Balaban J connectivity index is 1.99. The van der Waals surface area contributed by atoms with E-state index in [4.69, 9.17) is 11.6 Å². The van der Waals surface area contributed by atoms with Crippen molar-refractivity contribution >= 4 is 27.5 Å². The van der Waals surface area contributed by atoms with Crippen LogP contribution in [0.2, 0.25) is 5.02 Å². The zero-order valence-electron chi connectivity index (χ0n) is 12.7. The van der Waals surface area contributed by atoms with E-state index in [1.165, 1.54) is 69.8 Å². The molecule has 0 N–H and O–H groups in total. The minimum Gasteiger partial charge on any atom is -0.0843 e. The average molecular weight is 360 g/mol. The van der Waals surface area contributed by atoms with Crippen LogP contribution in [0.4, 0.5) is 0 Å². The van der Waals surface area contributed by atoms with E-state index in [0.717, 1.165) is 5.02 Å². The first-order chi connectivity index (χ1) is 9.74. The average Bonchev–Trinajstić information content (AvgIpc) is 2.46. The third kappa shape index (κ3) is 8.32. The first-order valence-electron chi connectivity index (χ1n) is 8.13. The summed E-state index contributed by atoms with van der Waals surface area (Å²) in [6, 6.07) is 8.19. The van der Waals surface area contributed by atoms with Crippen molar-refractivity contribution in [2.45, 2.75) is 76.0 Å². The molecule has 0 spiro atoms. The predicted octanol–water partition coefficient (Wildman–Crippen LogP) is 7.70. The zero-order valence-corrected chi connectivity index (χ0v) is 15.1. The molecular weight excluding hydrogens is 332 g/mol. The standard InChI is InChI=1S/C18H28BrCl/c1-2-3-4-5-6-7-8-9-10-11-18(19)16-12-14-17(20)15-13-16/h12-15,18H,2-11H2,1H3. The molecule has 0 bridgehead atoms. The van der Waals surface area contributed by atoms with Crippen molar-refractivity contribution in [2.24, 2.45) is 0 Å². The molecule has 0 heterocycles. The van der Waals surface area contributed by atoms with Gasteiger partial charge in [0.1, 0.15) is 0 Å². The highest BCUT2D eigenvalue weighted by Gasteiger charge is 2.06. The second kappa shape index (κ2) is 11.6. The number of hydrogen-bond acceptors (Lipinski definition) is 0. The molecule has 114 valence electrons. The van der Waals surface area contributed by atoms with Gasteiger partial charge in [0.25, 0.3) is 0 Å². The summed E-state index contributed by atoms with van der Waals surface area (Å²) in [5.74, 6) is 0. The first-order valence-corrected chi connectivity index (χ1v) is 9.43. The van der Waals surface area contributed by atoms with Crippen LogP contribution in [-0.2, 0) is 0 Å². The molecule has 0 saturated heterocycles. The topological polar surface area (TPSA) is 0 Å². The summed E-state index contributed by atoms with van der Waals surface area (Å²) in [6.07, 6.45) is 13.7. The molecule has 1 rings (SSSR count). The van der Waals surface area contributed by atoms with E-state index in [2.05, 4.69) is 35.0 Å². The molecule has 0 aliphatic heterocycles. The molecule has 1 aromatic rings. The van der Waals surface area contributed by atoms with Gasteiger partial charge < -0.3 is 0 Å². The Bertz CT molecular complexity index is 334. The van der Waals surface area contributed by atoms with E-state index in [1.54, 1.807) is 0 Å². The number of benzene rings is 1. The van der Waals surface area contributed by atoms with Crippen LogP contribution in [0, 0.1) is 0 Å². The summed E-state index contributed by atoms with van der Waals surface area (Å²) in [6.45, 7) is 2.28. The van der Waals surface area contributed by atoms with Crippen LogP contribution in [0.25, 0.3) is 0 Å². The van der Waals surface area contributed by atoms with Gasteiger partial charge in [-0.2, -0.15) is 0 Å². The molecule has 0 amide bonds. The van der Waals surface area contributed by atoms with Crippen LogP contribution in [-0.4, -0.2) is 0 Å². The quantitative estimate of drug-likeness (QED) is 0.280. The molecule has 0 fully saturated rings. The smallest absolute Gasteiger partial charge is 0.0406 e. The lowest BCUT2D eigenvalue weighted by Gasteiger charge is -2.10. The maximum atomic E-state index is 5.91. The Morgan fingerprint density at radius 2 is 1.35 bits per heavy atom. The maximum absolute atomic E-state index is 5.91. The molecule has 1 aromatic carbocycles. The van der Waals surface area contributed by atoms with Crippen LogP contribution >= 0.6 is 27.5 Å². The van der Waals surface area contributed by atoms with E-state index >= 15 is 0 Å². The molecule has 0 radical (unpaired) electrons. The van der Waals surface area contributed by atoms with Crippen LogP contribution in [0.5, 0.6) is 0 Å². The van der Waals surface area contributed by atoms with E-state index in [0.29, 0.717) is 4.83 Å². The molecule has 0 nitrogen and oxygen atoms in total. The fourth-order valence-electron chi connectivity index (χ4n) is 2.47. The van der Waals surface area contributed by atoms with Crippen molar-refractivity contribution in [3.8, 4) is 0 Å². The van der Waals surface area contributed by atoms with Crippen molar-refractivity contribution in [2.75, 3.05) is 0 Å². The third-order valence-corrected chi connectivity index (χ3v) is 5.03. The Kier molecular flexibility index (Phi) is 10.5. The molecule has 0 aliphatic rings. The Hall–Kier alpha value is -0.0100. The van der Waals surface area contributed by atoms with E-state index < -0.39 is 0 Å². The van der Waals surface area contributed by atoms with Crippen LogP contribution in [0.15, 0.2) is 24.3 Å². The van der Waals surface area contributed by atoms with Gasteiger partial charge in [0.2, 0.25) is 0 Å². The van der Waals surface area contributed by atoms with Gasteiger partial charge in [0, 0.05) is 9.85 Å². The molecule has 1 atom stereocenters. The molecule has 0 saturated carbocycles. The number of unbranched alkanes of at least 4 members (excludes halogenated alkanes) is 8. The SMILES string of the molecule is CCCCCCCCCCCC(Br)c1ccc(Cl)cc1. The molecule has 20 heavy (non-hydrogen) atoms. The van der Waals surface area contributed by atoms with E-state index in [9.17, 15) is 0 Å². The van der Waals surface area contributed by atoms with Crippen molar-refractivity contribution in [1.82, 2.24) is 0 Å². The monoisotopic (exact) mass is 358 g/mol. The van der Waals surface area contributed by atoms with Gasteiger partial charge in [0.05, 0.1) is 0 Å². The predicted molar refractivity (Wildman–Crippen MR) is 95.0 cm³/mol. The second-order valence-corrected chi connectivity index (χ2v) is 7.18. The van der Waals surface area contributed by atoms with Crippen LogP contribution in [0.3, 0.4) is 0 Å². The molecule has 1 unspecified atom stereocenters. The third-order valence-electron chi connectivity index (χ3n) is 3.79. The second-order valence-electron chi connectivity index (χ2n) is 5.64. The Morgan fingerprint density at radius 1 is 0.850 bits per heavy atom. The normalized spacial score (nSPS) is 12.6. The van der Waals surface area contributed by atoms with Crippen molar-refractivity contribution < 1.29 is 0 Å². The lowest BCUT2D eigenvalue weighted by atomic mass is 10.0. The van der Waals surface area contributed by atoms with E-state index in [1.807, 2.05) is 12.1 Å². The lowest BCUT2D eigenvalue weighted by molar-refractivity contribution is 0.556.